The molecule has 1 aliphatic heterocycles. The molecule has 1 aliphatic carbocycles. The van der Waals surface area contributed by atoms with Crippen molar-refractivity contribution in [2.75, 3.05) is 26.2 Å². The van der Waals surface area contributed by atoms with Gasteiger partial charge in [0.25, 0.3) is 0 Å². The van der Waals surface area contributed by atoms with Crippen molar-refractivity contribution in [1.29, 1.82) is 0 Å². The average molecular weight is 375 g/mol. The summed E-state index contributed by atoms with van der Waals surface area (Å²) in [5.41, 5.74) is 13.1. The van der Waals surface area contributed by atoms with E-state index in [-0.39, 0.29) is 5.91 Å². The van der Waals surface area contributed by atoms with E-state index in [0.717, 1.165) is 44.5 Å². The van der Waals surface area contributed by atoms with E-state index in [1.165, 1.54) is 0 Å². The molecule has 152 valence electrons. The SMILES string of the molecule is C=C/C(N)=C(\C=C)N1CCN(C(=O)C2(N)CCCC2)CC1.C=CC=C.CC. The summed E-state index contributed by atoms with van der Waals surface area (Å²) in [5, 5.41) is 0. The van der Waals surface area contributed by atoms with Gasteiger partial charge in [0.2, 0.25) is 5.91 Å². The van der Waals surface area contributed by atoms with Gasteiger partial charge in [0.05, 0.1) is 16.9 Å². The van der Waals surface area contributed by atoms with E-state index in [2.05, 4.69) is 31.2 Å². The minimum atomic E-state index is -0.626. The molecule has 0 aromatic carbocycles. The Kier molecular flexibility index (Phi) is 11.9. The van der Waals surface area contributed by atoms with E-state index in [9.17, 15) is 4.79 Å². The summed E-state index contributed by atoms with van der Waals surface area (Å²) in [7, 11) is 0. The molecular formula is C22H38N4O. The third-order valence-corrected chi connectivity index (χ3v) is 4.70. The summed E-state index contributed by atoms with van der Waals surface area (Å²) in [5.74, 6) is 0.112. The fraction of sp³-hybridized carbons (Fsp3) is 0.500. The van der Waals surface area contributed by atoms with Crippen LogP contribution in [0.2, 0.25) is 0 Å². The maximum atomic E-state index is 12.6. The van der Waals surface area contributed by atoms with Crippen LogP contribution in [0.25, 0.3) is 0 Å². The van der Waals surface area contributed by atoms with Crippen molar-refractivity contribution in [1.82, 2.24) is 9.80 Å². The molecule has 2 fully saturated rings. The lowest BCUT2D eigenvalue weighted by atomic mass is 9.97. The Bertz CT molecular complexity index is 531. The quantitative estimate of drug-likeness (QED) is 0.724. The van der Waals surface area contributed by atoms with Gasteiger partial charge < -0.3 is 21.3 Å². The number of hydrogen-bond acceptors (Lipinski definition) is 4. The molecular weight excluding hydrogens is 336 g/mol. The van der Waals surface area contributed by atoms with E-state index in [1.54, 1.807) is 24.3 Å². The van der Waals surface area contributed by atoms with Crippen molar-refractivity contribution >= 4 is 5.91 Å². The number of nitrogens with zero attached hydrogens (tertiary/aromatic N) is 2. The third-order valence-electron chi connectivity index (χ3n) is 4.70. The topological polar surface area (TPSA) is 75.6 Å². The number of allylic oxidation sites excluding steroid dienone is 4. The normalized spacial score (nSPS) is 18.6. The first-order valence-corrected chi connectivity index (χ1v) is 9.74. The van der Waals surface area contributed by atoms with Crippen LogP contribution in [-0.2, 0) is 4.79 Å². The van der Waals surface area contributed by atoms with Gasteiger partial charge in [0, 0.05) is 26.2 Å². The third kappa shape index (κ3) is 7.10. The van der Waals surface area contributed by atoms with Crippen molar-refractivity contribution in [2.45, 2.75) is 45.1 Å². The molecule has 0 atom stereocenters. The molecule has 1 heterocycles. The monoisotopic (exact) mass is 374 g/mol. The highest BCUT2D eigenvalue weighted by atomic mass is 16.2. The summed E-state index contributed by atoms with van der Waals surface area (Å²) in [6.45, 7) is 21.1. The van der Waals surface area contributed by atoms with Crippen LogP contribution >= 0.6 is 0 Å². The predicted octanol–water partition coefficient (Wildman–Crippen LogP) is 3.33. The van der Waals surface area contributed by atoms with Crippen LogP contribution < -0.4 is 11.5 Å². The first kappa shape index (κ1) is 24.7. The maximum absolute atomic E-state index is 12.6. The Hall–Kier alpha value is -2.27. The highest BCUT2D eigenvalue weighted by molar-refractivity contribution is 5.86. The van der Waals surface area contributed by atoms with Crippen LogP contribution in [0.3, 0.4) is 0 Å². The molecule has 0 spiro atoms. The lowest BCUT2D eigenvalue weighted by molar-refractivity contribution is -0.138. The Labute approximate surface area is 165 Å². The highest BCUT2D eigenvalue weighted by Crippen LogP contribution is 2.29. The number of nitrogens with two attached hydrogens (primary N) is 2. The summed E-state index contributed by atoms with van der Waals surface area (Å²) >= 11 is 0. The van der Waals surface area contributed by atoms with Gasteiger partial charge in [-0.15, -0.1) is 0 Å². The summed E-state index contributed by atoms with van der Waals surface area (Å²) in [6, 6.07) is 0. The number of carbonyl (C=O) groups excluding carboxylic acids is 1. The zero-order valence-electron chi connectivity index (χ0n) is 17.3. The molecule has 5 nitrogen and oxygen atoms in total. The maximum Gasteiger partial charge on any atom is 0.242 e. The van der Waals surface area contributed by atoms with Crippen LogP contribution in [0.4, 0.5) is 0 Å². The molecule has 0 aromatic rings. The molecule has 2 rings (SSSR count). The lowest BCUT2D eigenvalue weighted by Gasteiger charge is -2.40. The zero-order valence-corrected chi connectivity index (χ0v) is 17.3. The first-order chi connectivity index (χ1) is 12.9. The van der Waals surface area contributed by atoms with Crippen LogP contribution in [-0.4, -0.2) is 47.4 Å². The van der Waals surface area contributed by atoms with Crippen molar-refractivity contribution in [3.63, 3.8) is 0 Å². The number of carbonyl (C=O) groups is 1. The van der Waals surface area contributed by atoms with Crippen LogP contribution in [0.1, 0.15) is 39.5 Å². The minimum Gasteiger partial charge on any atom is -0.397 e. The smallest absolute Gasteiger partial charge is 0.242 e. The van der Waals surface area contributed by atoms with Gasteiger partial charge in [0.1, 0.15) is 0 Å². The second-order valence-electron chi connectivity index (χ2n) is 6.36. The molecule has 1 amide bonds. The van der Waals surface area contributed by atoms with Crippen molar-refractivity contribution in [2.24, 2.45) is 11.5 Å². The number of rotatable bonds is 5. The lowest BCUT2D eigenvalue weighted by Crippen LogP contribution is -2.58. The summed E-state index contributed by atoms with van der Waals surface area (Å²) in [4.78, 5) is 16.6. The first-order valence-electron chi connectivity index (χ1n) is 9.74. The molecule has 2 aliphatic rings. The zero-order chi connectivity index (χ0) is 20.9. The Balaban J connectivity index is 0.000000998. The number of hydrogen-bond donors (Lipinski definition) is 2. The molecule has 5 heteroatoms. The molecule has 1 saturated carbocycles. The fourth-order valence-electron chi connectivity index (χ4n) is 3.22. The van der Waals surface area contributed by atoms with Crippen molar-refractivity contribution in [3.8, 4) is 0 Å². The van der Waals surface area contributed by atoms with Crippen LogP contribution in [0.15, 0.2) is 62.0 Å². The van der Waals surface area contributed by atoms with Gasteiger partial charge in [0.15, 0.2) is 0 Å². The average Bonchev–Trinajstić information content (AvgIpc) is 3.17. The Morgan fingerprint density at radius 1 is 0.889 bits per heavy atom. The van der Waals surface area contributed by atoms with E-state index >= 15 is 0 Å². The predicted molar refractivity (Wildman–Crippen MR) is 117 cm³/mol. The second kappa shape index (κ2) is 13.0. The van der Waals surface area contributed by atoms with Crippen molar-refractivity contribution < 1.29 is 4.79 Å². The number of amides is 1. The van der Waals surface area contributed by atoms with E-state index in [1.807, 2.05) is 18.7 Å². The van der Waals surface area contributed by atoms with E-state index in [4.69, 9.17) is 11.5 Å². The minimum absolute atomic E-state index is 0.112. The molecule has 4 N–H and O–H groups in total. The molecule has 0 bridgehead atoms. The van der Waals surface area contributed by atoms with Gasteiger partial charge in [-0.2, -0.15) is 0 Å². The fourth-order valence-corrected chi connectivity index (χ4v) is 3.22. The highest BCUT2D eigenvalue weighted by Gasteiger charge is 2.40. The van der Waals surface area contributed by atoms with Gasteiger partial charge in [-0.3, -0.25) is 4.79 Å². The molecule has 0 aromatic heterocycles. The van der Waals surface area contributed by atoms with Crippen molar-refractivity contribution in [3.05, 3.63) is 62.0 Å². The van der Waals surface area contributed by atoms with E-state index in [0.29, 0.717) is 18.8 Å². The van der Waals surface area contributed by atoms with Gasteiger partial charge >= 0.3 is 0 Å². The Morgan fingerprint density at radius 3 is 1.70 bits per heavy atom. The standard InChI is InChI=1S/C16H26N4O.C4H6.C2H6/c1-3-13(17)14(4-2)19-9-11-20(12-10-19)15(21)16(18)7-5-6-8-16;1-3-4-2;1-2/h3-4H,1-2,5-12,17-18H2;3-4H,1-2H2;1-2H3/b14-13-;;. The number of piperazine rings is 1. The summed E-state index contributed by atoms with van der Waals surface area (Å²) in [6.07, 6.45) is 10.4. The van der Waals surface area contributed by atoms with Crippen LogP contribution in [0.5, 0.6) is 0 Å². The Morgan fingerprint density at radius 2 is 1.33 bits per heavy atom. The second-order valence-corrected chi connectivity index (χ2v) is 6.36. The van der Waals surface area contributed by atoms with Gasteiger partial charge in [-0.05, 0) is 25.0 Å². The summed E-state index contributed by atoms with van der Waals surface area (Å²) < 4.78 is 0. The molecule has 0 radical (unpaired) electrons. The molecule has 27 heavy (non-hydrogen) atoms. The van der Waals surface area contributed by atoms with Crippen LogP contribution in [0, 0.1) is 0 Å². The van der Waals surface area contributed by atoms with E-state index < -0.39 is 5.54 Å². The molecule has 0 unspecified atom stereocenters. The largest absolute Gasteiger partial charge is 0.397 e. The molecule has 1 saturated heterocycles. The van der Waals surface area contributed by atoms with Gasteiger partial charge in [-0.25, -0.2) is 0 Å². The van der Waals surface area contributed by atoms with Gasteiger partial charge in [-0.1, -0.05) is 65.2 Å².